The van der Waals surface area contributed by atoms with Crippen molar-refractivity contribution in [3.63, 3.8) is 0 Å². The van der Waals surface area contributed by atoms with Crippen LogP contribution in [0.3, 0.4) is 0 Å². The molecule has 54 valence electrons. The van der Waals surface area contributed by atoms with Crippen LogP contribution in [0, 0.1) is 0 Å². The normalized spacial score (nSPS) is 11.9. The van der Waals surface area contributed by atoms with Crippen LogP contribution in [-0.2, 0) is 4.79 Å². The fourth-order valence-electron chi connectivity index (χ4n) is 0.440. The maximum atomic E-state index is 10.1. The quantitative estimate of drug-likeness (QED) is 0.355. The van der Waals surface area contributed by atoms with Crippen molar-refractivity contribution in [3.05, 3.63) is 36.5 Å². The average Bonchev–Trinajstić information content (AvgIpc) is 1.98. The molecule has 0 aromatic carbocycles. The van der Waals surface area contributed by atoms with Gasteiger partial charge in [-0.25, -0.2) is 0 Å². The molecule has 0 unspecified atom stereocenters. The number of aliphatic hydroxyl groups excluding tert-OH is 1. The van der Waals surface area contributed by atoms with Crippen LogP contribution in [0.5, 0.6) is 0 Å². The number of hydrogen-bond donors (Lipinski definition) is 1. The number of rotatable bonds is 4. The molecule has 0 amide bonds. The van der Waals surface area contributed by atoms with Gasteiger partial charge >= 0.3 is 0 Å². The third kappa shape index (κ3) is 3.80. The topological polar surface area (TPSA) is 37.3 Å². The first-order valence-corrected chi connectivity index (χ1v) is 2.90. The lowest BCUT2D eigenvalue weighted by atomic mass is 10.2. The molecule has 10 heavy (non-hydrogen) atoms. The van der Waals surface area contributed by atoms with Crippen molar-refractivity contribution in [1.29, 1.82) is 0 Å². The number of aldehydes is 1. The van der Waals surface area contributed by atoms with Gasteiger partial charge in [0.15, 0.2) is 0 Å². The fourth-order valence-corrected chi connectivity index (χ4v) is 0.440. The van der Waals surface area contributed by atoms with E-state index in [1.165, 1.54) is 6.08 Å². The van der Waals surface area contributed by atoms with Crippen molar-refractivity contribution in [1.82, 2.24) is 0 Å². The summed E-state index contributed by atoms with van der Waals surface area (Å²) >= 11 is 0. The van der Waals surface area contributed by atoms with Crippen molar-refractivity contribution >= 4 is 6.29 Å². The number of carbonyl (C=O) groups excluding carboxylic acids is 1. The van der Waals surface area contributed by atoms with E-state index in [4.69, 9.17) is 5.11 Å². The Morgan fingerprint density at radius 1 is 1.60 bits per heavy atom. The minimum absolute atomic E-state index is 0.116. The van der Waals surface area contributed by atoms with Crippen LogP contribution in [-0.4, -0.2) is 18.0 Å². The van der Waals surface area contributed by atoms with Crippen LogP contribution in [0.25, 0.3) is 0 Å². The van der Waals surface area contributed by atoms with Crippen LogP contribution in [0.4, 0.5) is 0 Å². The second kappa shape index (κ2) is 5.98. The van der Waals surface area contributed by atoms with E-state index in [1.807, 2.05) is 0 Å². The number of carbonyl (C=O) groups is 1. The monoisotopic (exact) mass is 138 g/mol. The zero-order chi connectivity index (χ0) is 7.82. The van der Waals surface area contributed by atoms with Gasteiger partial charge in [0.2, 0.25) is 0 Å². The Kier molecular flexibility index (Phi) is 5.29. The molecule has 0 radical (unpaired) electrons. The number of aliphatic hydroxyl groups is 1. The third-order valence-electron chi connectivity index (χ3n) is 0.888. The fraction of sp³-hybridized carbons (Fsp3) is 0.125. The molecule has 0 aliphatic carbocycles. The molecule has 0 aromatic heterocycles. The summed E-state index contributed by atoms with van der Waals surface area (Å²) < 4.78 is 0. The van der Waals surface area contributed by atoms with Gasteiger partial charge in [0.05, 0.1) is 6.61 Å². The highest BCUT2D eigenvalue weighted by molar-refractivity contribution is 5.77. The minimum atomic E-state index is -0.116. The van der Waals surface area contributed by atoms with Gasteiger partial charge < -0.3 is 5.11 Å². The van der Waals surface area contributed by atoms with E-state index in [0.29, 0.717) is 11.9 Å². The van der Waals surface area contributed by atoms with Crippen molar-refractivity contribution < 1.29 is 9.90 Å². The Morgan fingerprint density at radius 3 is 2.70 bits per heavy atom. The number of allylic oxidation sites excluding steroid dienone is 4. The molecule has 0 saturated carbocycles. The van der Waals surface area contributed by atoms with Crippen molar-refractivity contribution in [2.45, 2.75) is 0 Å². The number of hydrogen-bond acceptors (Lipinski definition) is 2. The summed E-state index contributed by atoms with van der Waals surface area (Å²) in [5, 5.41) is 8.37. The minimum Gasteiger partial charge on any atom is -0.392 e. The van der Waals surface area contributed by atoms with E-state index in [-0.39, 0.29) is 6.61 Å². The molecule has 0 aromatic rings. The van der Waals surface area contributed by atoms with Gasteiger partial charge in [-0.1, -0.05) is 24.8 Å². The van der Waals surface area contributed by atoms with E-state index in [1.54, 1.807) is 18.2 Å². The Balaban J connectivity index is 4.07. The molecule has 0 heterocycles. The van der Waals surface area contributed by atoms with Gasteiger partial charge in [-0.3, -0.25) is 4.79 Å². The van der Waals surface area contributed by atoms with Gasteiger partial charge in [-0.05, 0) is 6.08 Å². The van der Waals surface area contributed by atoms with Crippen LogP contribution < -0.4 is 0 Å². The summed E-state index contributed by atoms with van der Waals surface area (Å²) in [5.74, 6) is 0. The highest BCUT2D eigenvalue weighted by atomic mass is 16.2. The van der Waals surface area contributed by atoms with E-state index in [9.17, 15) is 4.79 Å². The molecule has 0 fully saturated rings. The van der Waals surface area contributed by atoms with Crippen molar-refractivity contribution in [2.75, 3.05) is 6.61 Å². The summed E-state index contributed by atoms with van der Waals surface area (Å²) in [6, 6.07) is 0. The molecule has 0 bridgehead atoms. The van der Waals surface area contributed by atoms with Gasteiger partial charge in [-0.15, -0.1) is 0 Å². The van der Waals surface area contributed by atoms with E-state index < -0.39 is 0 Å². The Hall–Kier alpha value is -1.15. The highest BCUT2D eigenvalue weighted by Gasteiger charge is 1.83. The lowest BCUT2D eigenvalue weighted by Crippen LogP contribution is -1.81. The molecule has 0 aliphatic rings. The van der Waals surface area contributed by atoms with Crippen LogP contribution in [0.2, 0.25) is 0 Å². The summed E-state index contributed by atoms with van der Waals surface area (Å²) in [7, 11) is 0. The summed E-state index contributed by atoms with van der Waals surface area (Å²) in [5.41, 5.74) is 0.461. The Bertz CT molecular complexity index is 166. The Labute approximate surface area is 60.2 Å². The SMILES string of the molecule is C=C/C=C\C(C=O)=C/CO. The molecule has 0 spiro atoms. The smallest absolute Gasteiger partial charge is 0.149 e. The first kappa shape index (κ1) is 8.85. The second-order valence-corrected chi connectivity index (χ2v) is 1.60. The second-order valence-electron chi connectivity index (χ2n) is 1.60. The molecule has 0 aliphatic heterocycles. The predicted octanol–water partition coefficient (Wildman–Crippen LogP) is 0.846. The van der Waals surface area contributed by atoms with Crippen molar-refractivity contribution in [2.24, 2.45) is 0 Å². The lowest BCUT2D eigenvalue weighted by molar-refractivity contribution is -0.104. The molecule has 2 nitrogen and oxygen atoms in total. The van der Waals surface area contributed by atoms with Crippen LogP contribution in [0.1, 0.15) is 0 Å². The van der Waals surface area contributed by atoms with E-state index >= 15 is 0 Å². The van der Waals surface area contributed by atoms with Crippen LogP contribution in [0.15, 0.2) is 36.5 Å². The Morgan fingerprint density at radius 2 is 2.30 bits per heavy atom. The summed E-state index contributed by atoms with van der Waals surface area (Å²) in [4.78, 5) is 10.1. The molecule has 1 N–H and O–H groups in total. The van der Waals surface area contributed by atoms with E-state index in [2.05, 4.69) is 6.58 Å². The van der Waals surface area contributed by atoms with Gasteiger partial charge in [0.1, 0.15) is 6.29 Å². The lowest BCUT2D eigenvalue weighted by Gasteiger charge is -1.84. The molecular formula is C8H10O2. The molecule has 2 heteroatoms. The molecule has 0 atom stereocenters. The zero-order valence-electron chi connectivity index (χ0n) is 5.66. The summed E-state index contributed by atoms with van der Waals surface area (Å²) in [6.07, 6.45) is 6.88. The van der Waals surface area contributed by atoms with Gasteiger partial charge in [0.25, 0.3) is 0 Å². The van der Waals surface area contributed by atoms with Gasteiger partial charge in [0, 0.05) is 5.57 Å². The highest BCUT2D eigenvalue weighted by Crippen LogP contribution is 1.90. The maximum Gasteiger partial charge on any atom is 0.149 e. The van der Waals surface area contributed by atoms with E-state index in [0.717, 1.165) is 0 Å². The largest absolute Gasteiger partial charge is 0.392 e. The molecule has 0 saturated heterocycles. The molecular weight excluding hydrogens is 128 g/mol. The average molecular weight is 138 g/mol. The summed E-state index contributed by atoms with van der Waals surface area (Å²) in [6.45, 7) is 3.32. The first-order valence-electron chi connectivity index (χ1n) is 2.90. The standard InChI is InChI=1S/C8H10O2/c1-2-3-4-8(7-10)5-6-9/h2-5,7,9H,1,6H2/b4-3-,8-5+. The molecule has 0 rings (SSSR count). The van der Waals surface area contributed by atoms with Crippen LogP contribution >= 0.6 is 0 Å². The van der Waals surface area contributed by atoms with Gasteiger partial charge in [-0.2, -0.15) is 0 Å². The third-order valence-corrected chi connectivity index (χ3v) is 0.888. The predicted molar refractivity (Wildman–Crippen MR) is 40.6 cm³/mol. The zero-order valence-corrected chi connectivity index (χ0v) is 5.66. The maximum absolute atomic E-state index is 10.1. The van der Waals surface area contributed by atoms with Crippen molar-refractivity contribution in [3.8, 4) is 0 Å². The first-order chi connectivity index (χ1) is 4.85.